The highest BCUT2D eigenvalue weighted by Crippen LogP contribution is 1.70. The zero-order valence-electron chi connectivity index (χ0n) is 12.3. The van der Waals surface area contributed by atoms with Gasteiger partial charge in [0.2, 0.25) is 0 Å². The number of amides is 2. The van der Waals surface area contributed by atoms with Gasteiger partial charge in [-0.3, -0.25) is 31.3 Å². The fourth-order valence-electron chi connectivity index (χ4n) is 0.962. The van der Waals surface area contributed by atoms with Crippen LogP contribution in [0, 0.1) is 0 Å². The van der Waals surface area contributed by atoms with Gasteiger partial charge in [0.25, 0.3) is 0 Å². The maximum absolute atomic E-state index is 11.4. The topological polar surface area (TPSA) is 125 Å². The van der Waals surface area contributed by atoms with Gasteiger partial charge < -0.3 is 20.1 Å². The maximum Gasteiger partial charge on any atom is 0.329 e. The van der Waals surface area contributed by atoms with Crippen molar-refractivity contribution in [2.24, 2.45) is 0 Å². The minimum absolute atomic E-state index is 0.155. The molecule has 0 unspecified atom stereocenters. The molecule has 0 aliphatic carbocycles. The number of ether oxygens (including phenoxy) is 2. The van der Waals surface area contributed by atoms with Gasteiger partial charge in [0.1, 0.15) is 0 Å². The van der Waals surface area contributed by atoms with E-state index in [9.17, 15) is 9.59 Å². The Hall–Kier alpha value is -1.76. The van der Waals surface area contributed by atoms with E-state index >= 15 is 0 Å². The lowest BCUT2D eigenvalue weighted by Gasteiger charge is -2.12. The molecule has 0 atom stereocenters. The molecule has 0 saturated carbocycles. The third-order valence-electron chi connectivity index (χ3n) is 1.97. The number of methoxy groups -OCH3 is 2. The number of thiocarbonyl (C=S) groups is 2. The molecule has 0 heterocycles. The Labute approximate surface area is 139 Å². The minimum Gasteiger partial charge on any atom is -0.383 e. The number of carbonyl (C=O) groups is 2. The molecule has 0 aliphatic rings. The van der Waals surface area contributed by atoms with Crippen molar-refractivity contribution in [2.75, 3.05) is 40.5 Å². The van der Waals surface area contributed by atoms with Crippen molar-refractivity contribution in [1.82, 2.24) is 32.3 Å². The molecule has 0 saturated heterocycles. The van der Waals surface area contributed by atoms with Gasteiger partial charge in [-0.25, -0.2) is 0 Å². The summed E-state index contributed by atoms with van der Waals surface area (Å²) < 4.78 is 9.62. The number of nitrogens with one attached hydrogen (secondary N) is 6. The predicted molar refractivity (Wildman–Crippen MR) is 87.5 cm³/mol. The molecule has 0 spiro atoms. The summed E-state index contributed by atoms with van der Waals surface area (Å²) in [7, 11) is 3.09. The summed E-state index contributed by atoms with van der Waals surface area (Å²) in [5.41, 5.74) is 8.96. The van der Waals surface area contributed by atoms with Crippen LogP contribution >= 0.6 is 24.4 Å². The van der Waals surface area contributed by atoms with E-state index in [1.54, 1.807) is 14.2 Å². The van der Waals surface area contributed by atoms with Gasteiger partial charge in [-0.15, -0.1) is 0 Å². The first-order valence-electron chi connectivity index (χ1n) is 6.17. The van der Waals surface area contributed by atoms with E-state index < -0.39 is 11.8 Å². The molecule has 0 fully saturated rings. The van der Waals surface area contributed by atoms with Crippen LogP contribution in [0.3, 0.4) is 0 Å². The molecular weight excluding hydrogens is 332 g/mol. The molecule has 10 nitrogen and oxygen atoms in total. The number of hydrogen-bond acceptors (Lipinski definition) is 6. The van der Waals surface area contributed by atoms with Gasteiger partial charge in [-0.1, -0.05) is 0 Å². The van der Waals surface area contributed by atoms with Crippen molar-refractivity contribution in [3.8, 4) is 0 Å². The van der Waals surface area contributed by atoms with Crippen LogP contribution in [-0.2, 0) is 19.1 Å². The van der Waals surface area contributed by atoms with E-state index in [1.807, 2.05) is 0 Å². The van der Waals surface area contributed by atoms with E-state index in [0.29, 0.717) is 26.3 Å². The van der Waals surface area contributed by atoms with Crippen molar-refractivity contribution in [3.63, 3.8) is 0 Å². The van der Waals surface area contributed by atoms with Crippen molar-refractivity contribution in [2.45, 2.75) is 0 Å². The average Bonchev–Trinajstić information content (AvgIpc) is 2.50. The summed E-state index contributed by atoms with van der Waals surface area (Å²) in [4.78, 5) is 22.9. The quantitative estimate of drug-likeness (QED) is 0.130. The van der Waals surface area contributed by atoms with E-state index in [4.69, 9.17) is 33.9 Å². The average molecular weight is 352 g/mol. The minimum atomic E-state index is -0.942. The van der Waals surface area contributed by atoms with Crippen LogP contribution in [0.15, 0.2) is 0 Å². The molecule has 22 heavy (non-hydrogen) atoms. The van der Waals surface area contributed by atoms with Crippen LogP contribution in [0.5, 0.6) is 0 Å². The maximum atomic E-state index is 11.4. The summed E-state index contributed by atoms with van der Waals surface area (Å²) in [5, 5.41) is 5.81. The number of hydrogen-bond donors (Lipinski definition) is 6. The number of hydrazine groups is 2. The van der Waals surface area contributed by atoms with Crippen molar-refractivity contribution in [3.05, 3.63) is 0 Å². The van der Waals surface area contributed by atoms with Crippen LogP contribution in [0.1, 0.15) is 0 Å². The van der Waals surface area contributed by atoms with Crippen molar-refractivity contribution < 1.29 is 19.1 Å². The lowest BCUT2D eigenvalue weighted by Crippen LogP contribution is -2.55. The van der Waals surface area contributed by atoms with Gasteiger partial charge in [0, 0.05) is 27.3 Å². The van der Waals surface area contributed by atoms with Gasteiger partial charge >= 0.3 is 11.8 Å². The molecule has 6 N–H and O–H groups in total. The Morgan fingerprint density at radius 2 is 1.14 bits per heavy atom. The van der Waals surface area contributed by atoms with E-state index in [0.717, 1.165) is 0 Å². The predicted octanol–water partition coefficient (Wildman–Crippen LogP) is -2.73. The second kappa shape index (κ2) is 12.9. The first kappa shape index (κ1) is 20.2. The highest BCUT2D eigenvalue weighted by atomic mass is 32.1. The molecule has 0 radical (unpaired) electrons. The first-order valence-corrected chi connectivity index (χ1v) is 6.98. The Morgan fingerprint density at radius 3 is 1.45 bits per heavy atom. The summed E-state index contributed by atoms with van der Waals surface area (Å²) in [6, 6.07) is 0. The molecule has 0 aromatic heterocycles. The molecule has 126 valence electrons. The largest absolute Gasteiger partial charge is 0.383 e. The standard InChI is InChI=1S/C10H20N6O4S2/c1-19-5-3-11-9(21)15-13-7(17)8(18)14-16-10(22)12-4-6-20-2/h3-6H2,1-2H3,(H,13,17)(H,14,18)(H2,11,15,21)(H2,12,16,22). The van der Waals surface area contributed by atoms with E-state index in [2.05, 4.69) is 32.3 Å². The van der Waals surface area contributed by atoms with Gasteiger partial charge in [-0.05, 0) is 24.4 Å². The monoisotopic (exact) mass is 352 g/mol. The normalized spacial score (nSPS) is 9.36. The molecule has 0 aromatic carbocycles. The smallest absolute Gasteiger partial charge is 0.329 e. The van der Waals surface area contributed by atoms with Crippen molar-refractivity contribution in [1.29, 1.82) is 0 Å². The van der Waals surface area contributed by atoms with Gasteiger partial charge in [-0.2, -0.15) is 0 Å². The van der Waals surface area contributed by atoms with Crippen molar-refractivity contribution >= 4 is 46.5 Å². The van der Waals surface area contributed by atoms with E-state index in [1.165, 1.54) is 0 Å². The fourth-order valence-corrected chi connectivity index (χ4v) is 1.27. The SMILES string of the molecule is COCCNC(=S)NNC(=O)C(=O)NNC(=S)NCCOC. The van der Waals surface area contributed by atoms with Crippen LogP contribution in [0.4, 0.5) is 0 Å². The number of rotatable bonds is 6. The fraction of sp³-hybridized carbons (Fsp3) is 0.600. The third kappa shape index (κ3) is 11.0. The van der Waals surface area contributed by atoms with Crippen LogP contribution in [0.2, 0.25) is 0 Å². The van der Waals surface area contributed by atoms with Crippen LogP contribution in [0.25, 0.3) is 0 Å². The van der Waals surface area contributed by atoms with Gasteiger partial charge in [0.05, 0.1) is 13.2 Å². The van der Waals surface area contributed by atoms with Gasteiger partial charge in [0.15, 0.2) is 10.2 Å². The van der Waals surface area contributed by atoms with E-state index in [-0.39, 0.29) is 10.2 Å². The summed E-state index contributed by atoms with van der Waals surface area (Å²) >= 11 is 9.71. The molecule has 0 aliphatic heterocycles. The summed E-state index contributed by atoms with van der Waals surface area (Å²) in [5.74, 6) is -1.88. The second-order valence-electron chi connectivity index (χ2n) is 3.66. The summed E-state index contributed by atoms with van der Waals surface area (Å²) in [6.45, 7) is 1.84. The molecule has 2 amide bonds. The Balaban J connectivity index is 3.80. The van der Waals surface area contributed by atoms with Crippen LogP contribution < -0.4 is 32.3 Å². The molecule has 0 bridgehead atoms. The third-order valence-corrected chi connectivity index (χ3v) is 2.46. The lowest BCUT2D eigenvalue weighted by atomic mass is 10.6. The Morgan fingerprint density at radius 1 is 0.773 bits per heavy atom. The zero-order valence-corrected chi connectivity index (χ0v) is 13.9. The zero-order chi connectivity index (χ0) is 16.8. The Kier molecular flexibility index (Phi) is 11.9. The number of carbonyl (C=O) groups excluding carboxylic acids is 2. The molecule has 0 rings (SSSR count). The second-order valence-corrected chi connectivity index (χ2v) is 4.47. The lowest BCUT2D eigenvalue weighted by molar-refractivity contribution is -0.139. The molecule has 0 aromatic rings. The Bertz CT molecular complexity index is 360. The highest BCUT2D eigenvalue weighted by Gasteiger charge is 2.13. The molecule has 12 heteroatoms. The highest BCUT2D eigenvalue weighted by molar-refractivity contribution is 7.80. The first-order chi connectivity index (χ1) is 10.5. The van der Waals surface area contributed by atoms with Crippen LogP contribution in [-0.4, -0.2) is 62.6 Å². The summed E-state index contributed by atoms with van der Waals surface area (Å²) in [6.07, 6.45) is 0. The molecular formula is C10H20N6O4S2.